The van der Waals surface area contributed by atoms with Gasteiger partial charge in [0.25, 0.3) is 0 Å². The Bertz CT molecular complexity index is 323. The van der Waals surface area contributed by atoms with Gasteiger partial charge in [-0.15, -0.1) is 5.10 Å². The van der Waals surface area contributed by atoms with Crippen molar-refractivity contribution in [1.82, 2.24) is 20.3 Å². The maximum absolute atomic E-state index is 11.4. The van der Waals surface area contributed by atoms with E-state index in [1.165, 1.54) is 0 Å². The highest BCUT2D eigenvalue weighted by atomic mass is 79.9. The molecule has 1 aromatic rings. The smallest absolute Gasteiger partial charge is 0.244 e. The second-order valence-corrected chi connectivity index (χ2v) is 4.38. The average molecular weight is 261 g/mol. The molecule has 1 aromatic heterocycles. The van der Waals surface area contributed by atoms with Crippen molar-refractivity contribution in [2.24, 2.45) is 0 Å². The molecule has 1 heterocycles. The molecule has 1 N–H and O–H groups in total. The summed E-state index contributed by atoms with van der Waals surface area (Å²) in [5.41, 5.74) is 0.890. The Labute approximate surface area is 91.0 Å². The van der Waals surface area contributed by atoms with Gasteiger partial charge in [-0.1, -0.05) is 21.1 Å². The SMILES string of the molecule is CNC(=O)C(C)n1nncc1C(C)Br. The van der Waals surface area contributed by atoms with Crippen LogP contribution in [0.25, 0.3) is 0 Å². The lowest BCUT2D eigenvalue weighted by molar-refractivity contribution is -0.123. The molecule has 2 unspecified atom stereocenters. The molecule has 0 saturated heterocycles. The van der Waals surface area contributed by atoms with E-state index in [2.05, 4.69) is 31.6 Å². The van der Waals surface area contributed by atoms with Gasteiger partial charge in [-0.25, -0.2) is 4.68 Å². The zero-order chi connectivity index (χ0) is 10.7. The number of carbonyl (C=O) groups is 1. The van der Waals surface area contributed by atoms with Gasteiger partial charge in [0, 0.05) is 7.05 Å². The topological polar surface area (TPSA) is 59.8 Å². The van der Waals surface area contributed by atoms with Gasteiger partial charge < -0.3 is 5.32 Å². The first-order valence-electron chi connectivity index (χ1n) is 4.33. The number of likely N-dealkylation sites (N-methyl/N-ethyl adjacent to an activating group) is 1. The first-order chi connectivity index (χ1) is 6.57. The summed E-state index contributed by atoms with van der Waals surface area (Å²) in [4.78, 5) is 11.5. The lowest BCUT2D eigenvalue weighted by Gasteiger charge is -2.13. The number of amides is 1. The summed E-state index contributed by atoms with van der Waals surface area (Å²) >= 11 is 3.42. The third-order valence-electron chi connectivity index (χ3n) is 2.00. The van der Waals surface area contributed by atoms with Crippen LogP contribution >= 0.6 is 15.9 Å². The zero-order valence-electron chi connectivity index (χ0n) is 8.36. The van der Waals surface area contributed by atoms with E-state index in [0.717, 1.165) is 5.69 Å². The highest BCUT2D eigenvalue weighted by Crippen LogP contribution is 2.22. The van der Waals surface area contributed by atoms with Crippen LogP contribution in [0.2, 0.25) is 0 Å². The summed E-state index contributed by atoms with van der Waals surface area (Å²) in [5, 5.41) is 10.2. The van der Waals surface area contributed by atoms with E-state index in [1.54, 1.807) is 24.9 Å². The lowest BCUT2D eigenvalue weighted by atomic mass is 10.3. The zero-order valence-corrected chi connectivity index (χ0v) is 9.95. The molecule has 0 aliphatic carbocycles. The van der Waals surface area contributed by atoms with Crippen LogP contribution in [0.4, 0.5) is 0 Å². The monoisotopic (exact) mass is 260 g/mol. The largest absolute Gasteiger partial charge is 0.357 e. The van der Waals surface area contributed by atoms with Gasteiger partial charge in [0.05, 0.1) is 16.7 Å². The molecule has 0 bridgehead atoms. The van der Waals surface area contributed by atoms with E-state index in [4.69, 9.17) is 0 Å². The minimum atomic E-state index is -0.336. The summed E-state index contributed by atoms with van der Waals surface area (Å²) in [5.74, 6) is -0.0788. The van der Waals surface area contributed by atoms with E-state index in [9.17, 15) is 4.79 Å². The standard InChI is InChI=1S/C8H13BrN4O/c1-5(9)7-4-11-12-13(7)6(2)8(14)10-3/h4-6H,1-3H3,(H,10,14). The molecule has 0 aromatic carbocycles. The van der Waals surface area contributed by atoms with E-state index in [0.29, 0.717) is 0 Å². The maximum atomic E-state index is 11.4. The Morgan fingerprint density at radius 1 is 1.64 bits per heavy atom. The molecule has 1 amide bonds. The molecular weight excluding hydrogens is 248 g/mol. The number of hydrogen-bond donors (Lipinski definition) is 1. The molecule has 6 heteroatoms. The summed E-state index contributed by atoms with van der Waals surface area (Å²) < 4.78 is 1.61. The second kappa shape index (κ2) is 4.54. The third-order valence-corrected chi connectivity index (χ3v) is 2.47. The highest BCUT2D eigenvalue weighted by Gasteiger charge is 2.19. The quantitative estimate of drug-likeness (QED) is 0.827. The fraction of sp³-hybridized carbons (Fsp3) is 0.625. The Morgan fingerprint density at radius 3 is 2.79 bits per heavy atom. The first-order valence-corrected chi connectivity index (χ1v) is 5.25. The number of alkyl halides is 1. The van der Waals surface area contributed by atoms with Gasteiger partial charge in [-0.2, -0.15) is 0 Å². The summed E-state index contributed by atoms with van der Waals surface area (Å²) in [6.07, 6.45) is 1.65. The number of aromatic nitrogens is 3. The summed E-state index contributed by atoms with van der Waals surface area (Å²) in [7, 11) is 1.60. The van der Waals surface area contributed by atoms with Crippen molar-refractivity contribution in [3.8, 4) is 0 Å². The van der Waals surface area contributed by atoms with Crippen LogP contribution in [0.5, 0.6) is 0 Å². The molecule has 0 fully saturated rings. The predicted octanol–water partition coefficient (Wildman–Crippen LogP) is 1.04. The van der Waals surface area contributed by atoms with Crippen LogP contribution in [-0.2, 0) is 4.79 Å². The van der Waals surface area contributed by atoms with Crippen molar-refractivity contribution in [3.05, 3.63) is 11.9 Å². The van der Waals surface area contributed by atoms with Crippen LogP contribution < -0.4 is 5.32 Å². The normalized spacial score (nSPS) is 14.9. The number of hydrogen-bond acceptors (Lipinski definition) is 3. The Kier molecular flexibility index (Phi) is 3.62. The van der Waals surface area contributed by atoms with Crippen molar-refractivity contribution in [3.63, 3.8) is 0 Å². The van der Waals surface area contributed by atoms with E-state index < -0.39 is 0 Å². The number of halogens is 1. The van der Waals surface area contributed by atoms with Crippen molar-refractivity contribution in [1.29, 1.82) is 0 Å². The number of nitrogens with one attached hydrogen (secondary N) is 1. The third kappa shape index (κ3) is 2.12. The highest BCUT2D eigenvalue weighted by molar-refractivity contribution is 9.09. The fourth-order valence-electron chi connectivity index (χ4n) is 1.16. The Hall–Kier alpha value is -0.910. The molecule has 0 aliphatic heterocycles. The maximum Gasteiger partial charge on any atom is 0.244 e. The molecule has 0 saturated carbocycles. The minimum absolute atomic E-state index is 0.0788. The van der Waals surface area contributed by atoms with Crippen molar-refractivity contribution in [2.45, 2.75) is 24.7 Å². The molecule has 0 aliphatic rings. The molecular formula is C8H13BrN4O. The molecule has 78 valence electrons. The van der Waals surface area contributed by atoms with Crippen molar-refractivity contribution < 1.29 is 4.79 Å². The van der Waals surface area contributed by atoms with Crippen LogP contribution in [0.3, 0.4) is 0 Å². The van der Waals surface area contributed by atoms with Crippen LogP contribution in [0.15, 0.2) is 6.20 Å². The molecule has 14 heavy (non-hydrogen) atoms. The van der Waals surface area contributed by atoms with Gasteiger partial charge >= 0.3 is 0 Å². The Morgan fingerprint density at radius 2 is 2.29 bits per heavy atom. The van der Waals surface area contributed by atoms with E-state index in [-0.39, 0.29) is 16.8 Å². The molecule has 1 rings (SSSR count). The van der Waals surface area contributed by atoms with Gasteiger partial charge in [-0.3, -0.25) is 4.79 Å². The summed E-state index contributed by atoms with van der Waals surface area (Å²) in [6.45, 7) is 3.75. The van der Waals surface area contributed by atoms with Gasteiger partial charge in [-0.05, 0) is 13.8 Å². The molecule has 5 nitrogen and oxygen atoms in total. The molecule has 2 atom stereocenters. The average Bonchev–Trinajstić information content (AvgIpc) is 2.63. The number of carbonyl (C=O) groups excluding carboxylic acids is 1. The second-order valence-electron chi connectivity index (χ2n) is 3.01. The summed E-state index contributed by atoms with van der Waals surface area (Å²) in [6, 6.07) is -0.336. The van der Waals surface area contributed by atoms with E-state index in [1.807, 2.05) is 6.92 Å². The van der Waals surface area contributed by atoms with Crippen molar-refractivity contribution in [2.75, 3.05) is 7.05 Å². The predicted molar refractivity (Wildman–Crippen MR) is 56.1 cm³/mol. The van der Waals surface area contributed by atoms with Gasteiger partial charge in [0.1, 0.15) is 6.04 Å². The lowest BCUT2D eigenvalue weighted by Crippen LogP contribution is -2.29. The van der Waals surface area contributed by atoms with Crippen LogP contribution in [-0.4, -0.2) is 27.9 Å². The van der Waals surface area contributed by atoms with Gasteiger partial charge in [0.15, 0.2) is 0 Å². The Balaban J connectivity index is 2.94. The fourth-order valence-corrected chi connectivity index (χ4v) is 1.49. The molecule has 0 spiro atoms. The van der Waals surface area contributed by atoms with E-state index >= 15 is 0 Å². The van der Waals surface area contributed by atoms with Crippen molar-refractivity contribution >= 4 is 21.8 Å². The molecule has 0 radical (unpaired) electrons. The first kappa shape index (κ1) is 11.2. The van der Waals surface area contributed by atoms with Crippen LogP contribution in [0.1, 0.15) is 30.4 Å². The van der Waals surface area contributed by atoms with Gasteiger partial charge in [0.2, 0.25) is 5.91 Å². The van der Waals surface area contributed by atoms with Crippen LogP contribution in [0, 0.1) is 0 Å². The number of rotatable bonds is 3. The minimum Gasteiger partial charge on any atom is -0.357 e. The number of nitrogens with zero attached hydrogens (tertiary/aromatic N) is 3.